The van der Waals surface area contributed by atoms with E-state index < -0.39 is 6.10 Å². The van der Waals surface area contributed by atoms with Crippen molar-refractivity contribution in [1.29, 1.82) is 0 Å². The van der Waals surface area contributed by atoms with Crippen molar-refractivity contribution in [3.63, 3.8) is 0 Å². The summed E-state index contributed by atoms with van der Waals surface area (Å²) in [6.07, 6.45) is 6.60. The van der Waals surface area contributed by atoms with Crippen LogP contribution in [0.5, 0.6) is 0 Å². The van der Waals surface area contributed by atoms with Gasteiger partial charge in [0.15, 0.2) is 0 Å². The first-order valence-electron chi connectivity index (χ1n) is 7.38. The number of furan rings is 1. The van der Waals surface area contributed by atoms with Gasteiger partial charge in [-0.15, -0.1) is 0 Å². The Kier molecular flexibility index (Phi) is 2.72. The van der Waals surface area contributed by atoms with E-state index in [4.69, 9.17) is 9.15 Å². The zero-order valence-corrected chi connectivity index (χ0v) is 11.0. The summed E-state index contributed by atoms with van der Waals surface area (Å²) >= 11 is 0. The second-order valence-corrected chi connectivity index (χ2v) is 6.25. The lowest BCUT2D eigenvalue weighted by Crippen LogP contribution is -2.71. The molecule has 1 aliphatic heterocycles. The first-order chi connectivity index (χ1) is 9.31. The maximum atomic E-state index is 10.1. The van der Waals surface area contributed by atoms with Crippen LogP contribution < -0.4 is 5.32 Å². The van der Waals surface area contributed by atoms with Gasteiger partial charge >= 0.3 is 0 Å². The van der Waals surface area contributed by atoms with Gasteiger partial charge in [0.2, 0.25) is 0 Å². The van der Waals surface area contributed by atoms with Crippen LogP contribution in [0.1, 0.15) is 37.5 Å². The quantitative estimate of drug-likeness (QED) is 0.870. The Bertz CT molecular complexity index is 440. The summed E-state index contributed by atoms with van der Waals surface area (Å²) < 4.78 is 11.1. The summed E-state index contributed by atoms with van der Waals surface area (Å²) in [6.45, 7) is 1.49. The lowest BCUT2D eigenvalue weighted by atomic mass is 9.46. The van der Waals surface area contributed by atoms with E-state index in [2.05, 4.69) is 5.32 Å². The number of nitrogens with one attached hydrogen (secondary N) is 1. The monoisotopic (exact) mass is 263 g/mol. The summed E-state index contributed by atoms with van der Waals surface area (Å²) in [5, 5.41) is 13.7. The zero-order chi connectivity index (χ0) is 12.9. The Labute approximate surface area is 113 Å². The second kappa shape index (κ2) is 4.33. The predicted molar refractivity (Wildman–Crippen MR) is 69.6 cm³/mol. The number of ether oxygens (including phenoxy) is 1. The Balaban J connectivity index is 1.40. The van der Waals surface area contributed by atoms with Gasteiger partial charge in [0.1, 0.15) is 11.9 Å². The molecule has 0 bridgehead atoms. The highest BCUT2D eigenvalue weighted by Gasteiger charge is 2.66. The van der Waals surface area contributed by atoms with Crippen LogP contribution in [-0.2, 0) is 4.74 Å². The Morgan fingerprint density at radius 1 is 1.47 bits per heavy atom. The van der Waals surface area contributed by atoms with E-state index in [0.29, 0.717) is 35.8 Å². The molecule has 3 fully saturated rings. The maximum absolute atomic E-state index is 10.1. The minimum absolute atomic E-state index is 0.379. The number of hydrogen-bond donors (Lipinski definition) is 2. The van der Waals surface area contributed by atoms with Crippen molar-refractivity contribution in [1.82, 2.24) is 5.32 Å². The fourth-order valence-electron chi connectivity index (χ4n) is 4.38. The van der Waals surface area contributed by atoms with Gasteiger partial charge in [-0.2, -0.15) is 0 Å². The standard InChI is InChI=1S/C15H21NO3/c17-11(12-3-1-7-18-12)9-16-13-10-4-8-19-14(10)15(13)5-2-6-15/h1,3,7,10-11,13-14,16-17H,2,4-6,8-9H2/t10-,11+,13+,14-/m1/s1. The molecule has 1 spiro atoms. The van der Waals surface area contributed by atoms with E-state index in [1.165, 1.54) is 25.7 Å². The molecule has 3 aliphatic rings. The molecule has 2 N–H and O–H groups in total. The van der Waals surface area contributed by atoms with E-state index in [1.807, 2.05) is 12.1 Å². The van der Waals surface area contributed by atoms with E-state index in [9.17, 15) is 5.11 Å². The summed E-state index contributed by atoms with van der Waals surface area (Å²) in [6, 6.07) is 4.17. The SMILES string of the molecule is O[C@@H](CN[C@H]1[C@H]2CCO[C@H]2C12CCC2)c1ccco1. The molecule has 0 unspecified atom stereocenters. The molecular formula is C15H21NO3. The summed E-state index contributed by atoms with van der Waals surface area (Å²) in [7, 11) is 0. The van der Waals surface area contributed by atoms with Crippen LogP contribution in [-0.4, -0.2) is 30.4 Å². The molecule has 1 saturated heterocycles. The first-order valence-corrected chi connectivity index (χ1v) is 7.38. The molecule has 1 aromatic heterocycles. The van der Waals surface area contributed by atoms with Gasteiger partial charge in [-0.25, -0.2) is 0 Å². The lowest BCUT2D eigenvalue weighted by Gasteiger charge is -2.63. The Morgan fingerprint density at radius 2 is 2.37 bits per heavy atom. The van der Waals surface area contributed by atoms with Gasteiger partial charge in [0, 0.05) is 30.5 Å². The van der Waals surface area contributed by atoms with Crippen molar-refractivity contribution in [3.8, 4) is 0 Å². The van der Waals surface area contributed by atoms with Gasteiger partial charge < -0.3 is 19.6 Å². The van der Waals surface area contributed by atoms with Gasteiger partial charge in [-0.05, 0) is 31.4 Å². The summed E-state index contributed by atoms with van der Waals surface area (Å²) in [5.41, 5.74) is 0.379. The largest absolute Gasteiger partial charge is 0.467 e. The third-order valence-corrected chi connectivity index (χ3v) is 5.44. The topological polar surface area (TPSA) is 54.6 Å². The number of fused-ring (bicyclic) bond motifs is 2. The third-order valence-electron chi connectivity index (χ3n) is 5.44. The van der Waals surface area contributed by atoms with Crippen LogP contribution >= 0.6 is 0 Å². The molecule has 0 aromatic carbocycles. The highest BCUT2D eigenvalue weighted by molar-refractivity contribution is 5.18. The third kappa shape index (κ3) is 1.63. The van der Waals surface area contributed by atoms with E-state index >= 15 is 0 Å². The van der Waals surface area contributed by atoms with Gasteiger partial charge in [-0.1, -0.05) is 6.42 Å². The maximum Gasteiger partial charge on any atom is 0.133 e. The van der Waals surface area contributed by atoms with Crippen molar-refractivity contribution in [2.45, 2.75) is 43.9 Å². The molecular weight excluding hydrogens is 242 g/mol. The first kappa shape index (κ1) is 11.9. The fraction of sp³-hybridized carbons (Fsp3) is 0.733. The smallest absolute Gasteiger partial charge is 0.133 e. The molecule has 2 aliphatic carbocycles. The average molecular weight is 263 g/mol. The molecule has 0 radical (unpaired) electrons. The minimum atomic E-state index is -0.548. The highest BCUT2D eigenvalue weighted by atomic mass is 16.5. The van der Waals surface area contributed by atoms with Crippen LogP contribution in [0.3, 0.4) is 0 Å². The second-order valence-electron chi connectivity index (χ2n) is 6.25. The van der Waals surface area contributed by atoms with E-state index in [0.717, 1.165) is 6.61 Å². The molecule has 104 valence electrons. The number of aliphatic hydroxyl groups excluding tert-OH is 1. The molecule has 4 rings (SSSR count). The van der Waals surface area contributed by atoms with Gasteiger partial charge in [0.25, 0.3) is 0 Å². The van der Waals surface area contributed by atoms with Crippen molar-refractivity contribution >= 4 is 0 Å². The summed E-state index contributed by atoms with van der Waals surface area (Å²) in [4.78, 5) is 0. The lowest BCUT2D eigenvalue weighted by molar-refractivity contribution is -0.177. The predicted octanol–water partition coefficient (Wildman–Crippen LogP) is 1.86. The van der Waals surface area contributed by atoms with Crippen LogP contribution in [0.4, 0.5) is 0 Å². The molecule has 2 saturated carbocycles. The molecule has 19 heavy (non-hydrogen) atoms. The summed E-state index contributed by atoms with van der Waals surface area (Å²) in [5.74, 6) is 1.30. The zero-order valence-electron chi connectivity index (χ0n) is 11.0. The molecule has 2 heterocycles. The van der Waals surface area contributed by atoms with Crippen molar-refractivity contribution in [3.05, 3.63) is 24.2 Å². The van der Waals surface area contributed by atoms with E-state index in [1.54, 1.807) is 6.26 Å². The van der Waals surface area contributed by atoms with Crippen LogP contribution in [0.2, 0.25) is 0 Å². The van der Waals surface area contributed by atoms with Gasteiger partial charge in [-0.3, -0.25) is 0 Å². The van der Waals surface area contributed by atoms with Crippen LogP contribution in [0.25, 0.3) is 0 Å². The number of rotatable bonds is 4. The Hall–Kier alpha value is -0.840. The number of hydrogen-bond acceptors (Lipinski definition) is 4. The minimum Gasteiger partial charge on any atom is -0.467 e. The number of aliphatic hydroxyl groups is 1. The van der Waals surface area contributed by atoms with Gasteiger partial charge in [0.05, 0.1) is 12.4 Å². The Morgan fingerprint density at radius 3 is 3.05 bits per heavy atom. The van der Waals surface area contributed by atoms with Crippen LogP contribution in [0.15, 0.2) is 22.8 Å². The van der Waals surface area contributed by atoms with Crippen molar-refractivity contribution in [2.75, 3.05) is 13.2 Å². The van der Waals surface area contributed by atoms with Crippen molar-refractivity contribution in [2.24, 2.45) is 11.3 Å². The highest BCUT2D eigenvalue weighted by Crippen LogP contribution is 2.62. The molecule has 4 nitrogen and oxygen atoms in total. The molecule has 1 aromatic rings. The average Bonchev–Trinajstić information content (AvgIpc) is 2.97. The van der Waals surface area contributed by atoms with E-state index in [-0.39, 0.29) is 0 Å². The van der Waals surface area contributed by atoms with Crippen LogP contribution in [0, 0.1) is 11.3 Å². The molecule has 4 heteroatoms. The molecule has 0 amide bonds. The normalized spacial score (nSPS) is 36.6. The van der Waals surface area contributed by atoms with Crippen molar-refractivity contribution < 1.29 is 14.3 Å². The molecule has 4 atom stereocenters. The fourth-order valence-corrected chi connectivity index (χ4v) is 4.38.